The van der Waals surface area contributed by atoms with Gasteiger partial charge >= 0.3 is 6.09 Å². The summed E-state index contributed by atoms with van der Waals surface area (Å²) in [5.74, 6) is 1.09. The number of halogens is 1. The number of benzene rings is 2. The van der Waals surface area contributed by atoms with E-state index in [1.165, 1.54) is 0 Å². The zero-order valence-electron chi connectivity index (χ0n) is 28.3. The molecule has 0 spiro atoms. The first-order valence-electron chi connectivity index (χ1n) is 15.9. The van der Waals surface area contributed by atoms with Crippen LogP contribution in [0.2, 0.25) is 5.02 Å². The van der Waals surface area contributed by atoms with Crippen LogP contribution in [0.25, 0.3) is 0 Å². The van der Waals surface area contributed by atoms with E-state index >= 15 is 0 Å². The van der Waals surface area contributed by atoms with Gasteiger partial charge in [-0.3, -0.25) is 20.7 Å². The molecule has 0 atom stereocenters. The van der Waals surface area contributed by atoms with E-state index in [0.717, 1.165) is 11.1 Å². The Morgan fingerprint density at radius 2 is 1.40 bits per heavy atom. The van der Waals surface area contributed by atoms with Gasteiger partial charge in [-0.1, -0.05) is 23.7 Å². The van der Waals surface area contributed by atoms with Crippen LogP contribution < -0.4 is 15.0 Å². The Morgan fingerprint density at radius 1 is 0.854 bits per heavy atom. The summed E-state index contributed by atoms with van der Waals surface area (Å²) in [6.07, 6.45) is -0.461. The lowest BCUT2D eigenvalue weighted by Gasteiger charge is -2.24. The predicted molar refractivity (Wildman–Crippen MR) is 186 cm³/mol. The lowest BCUT2D eigenvalue weighted by Crippen LogP contribution is -2.35. The van der Waals surface area contributed by atoms with Gasteiger partial charge in [0, 0.05) is 22.7 Å². The molecule has 0 fully saturated rings. The second-order valence-electron chi connectivity index (χ2n) is 11.6. The molecule has 1 aliphatic heterocycles. The van der Waals surface area contributed by atoms with Gasteiger partial charge in [0.15, 0.2) is 0 Å². The Morgan fingerprint density at radius 3 is 1.94 bits per heavy atom. The van der Waals surface area contributed by atoms with E-state index in [-0.39, 0.29) is 18.2 Å². The van der Waals surface area contributed by atoms with Crippen molar-refractivity contribution in [3.05, 3.63) is 58.6 Å². The SMILES string of the molecule is CC(=N)N1C(=N)CN=C(c2ccc(Cl)cc2)c2cc(OCCOCCOCCOCCOCCOCCNC(=O)OC(C)(C)C)ccc21. The highest BCUT2D eigenvalue weighted by Crippen LogP contribution is 2.31. The standard InChI is InChI=1S/C34H48ClN5O8/c1-25(36)40-30-10-9-28(23-29(30)32(39-24-31(40)37)26-5-7-27(35)8-6-26)47-22-21-46-20-19-45-18-17-44-16-15-43-14-13-42-12-11-38-33(41)48-34(2,3)4/h5-10,23,36-37H,11-22,24H2,1-4H3,(H,38,41). The third-order valence-electron chi connectivity index (χ3n) is 6.47. The van der Waals surface area contributed by atoms with Crippen LogP contribution in [-0.4, -0.2) is 115 Å². The van der Waals surface area contributed by atoms with Crippen LogP contribution in [0.3, 0.4) is 0 Å². The van der Waals surface area contributed by atoms with Crippen LogP contribution >= 0.6 is 11.6 Å². The Hall–Kier alpha value is -3.59. The van der Waals surface area contributed by atoms with Gasteiger partial charge in [-0.2, -0.15) is 0 Å². The fraction of sp³-hybridized carbons (Fsp3) is 0.529. The van der Waals surface area contributed by atoms with Crippen molar-refractivity contribution in [3.8, 4) is 5.75 Å². The number of nitrogens with one attached hydrogen (secondary N) is 3. The highest BCUT2D eigenvalue weighted by atomic mass is 35.5. The molecule has 3 N–H and O–H groups in total. The van der Waals surface area contributed by atoms with Gasteiger partial charge in [-0.05, 0) is 58.0 Å². The molecule has 0 radical (unpaired) electrons. The number of anilines is 1. The molecular formula is C34H48ClN5O8. The number of fused-ring (bicyclic) bond motifs is 1. The van der Waals surface area contributed by atoms with Crippen LogP contribution in [0, 0.1) is 10.8 Å². The second kappa shape index (κ2) is 20.7. The van der Waals surface area contributed by atoms with E-state index in [0.29, 0.717) is 101 Å². The van der Waals surface area contributed by atoms with Gasteiger partial charge in [0.25, 0.3) is 0 Å². The lowest BCUT2D eigenvalue weighted by molar-refractivity contribution is -0.0126. The zero-order chi connectivity index (χ0) is 34.8. The highest BCUT2D eigenvalue weighted by Gasteiger charge is 2.25. The number of hydrogen-bond acceptors (Lipinski definition) is 11. The number of aliphatic imine (C=N–C) groups is 1. The summed E-state index contributed by atoms with van der Waals surface area (Å²) in [5, 5.41) is 20.0. The molecule has 0 saturated carbocycles. The van der Waals surface area contributed by atoms with Crippen LogP contribution in [0.1, 0.15) is 38.8 Å². The van der Waals surface area contributed by atoms with E-state index in [1.807, 2.05) is 51.1 Å². The van der Waals surface area contributed by atoms with Gasteiger partial charge in [-0.25, -0.2) is 4.79 Å². The van der Waals surface area contributed by atoms with Crippen LogP contribution in [0.4, 0.5) is 10.5 Å². The molecule has 1 amide bonds. The highest BCUT2D eigenvalue weighted by molar-refractivity contribution is 6.31. The maximum Gasteiger partial charge on any atom is 0.407 e. The molecule has 3 rings (SSSR count). The first kappa shape index (κ1) is 38.9. The number of ether oxygens (including phenoxy) is 7. The Labute approximate surface area is 287 Å². The fourth-order valence-corrected chi connectivity index (χ4v) is 4.55. The molecule has 264 valence electrons. The number of nitrogens with zero attached hydrogens (tertiary/aromatic N) is 2. The third-order valence-corrected chi connectivity index (χ3v) is 6.72. The summed E-state index contributed by atoms with van der Waals surface area (Å²) in [6.45, 7) is 12.2. The van der Waals surface area contributed by atoms with Crippen molar-refractivity contribution in [2.75, 3.05) is 90.7 Å². The third kappa shape index (κ3) is 14.3. The summed E-state index contributed by atoms with van der Waals surface area (Å²) >= 11 is 6.10. The summed E-state index contributed by atoms with van der Waals surface area (Å²) < 4.78 is 38.7. The van der Waals surface area contributed by atoms with Gasteiger partial charge in [0.1, 0.15) is 29.6 Å². The molecule has 0 unspecified atom stereocenters. The topological polar surface area (TPSA) is 157 Å². The second-order valence-corrected chi connectivity index (χ2v) is 12.0. The molecular weight excluding hydrogens is 642 g/mol. The van der Waals surface area contributed by atoms with Gasteiger partial charge in [0.05, 0.1) is 84.0 Å². The zero-order valence-corrected chi connectivity index (χ0v) is 29.0. The van der Waals surface area contributed by atoms with Crippen molar-refractivity contribution in [2.24, 2.45) is 4.99 Å². The number of benzodiazepines with no additional fused rings is 1. The van der Waals surface area contributed by atoms with Crippen molar-refractivity contribution in [2.45, 2.75) is 33.3 Å². The summed E-state index contributed by atoms with van der Waals surface area (Å²) in [5.41, 5.74) is 2.51. The molecule has 14 heteroatoms. The van der Waals surface area contributed by atoms with Crippen molar-refractivity contribution in [3.63, 3.8) is 0 Å². The minimum Gasteiger partial charge on any atom is -0.491 e. The number of carbonyl (C=O) groups is 1. The van der Waals surface area contributed by atoms with Crippen LogP contribution in [-0.2, 0) is 28.4 Å². The molecule has 1 heterocycles. The van der Waals surface area contributed by atoms with Gasteiger partial charge in [0.2, 0.25) is 0 Å². The first-order valence-corrected chi connectivity index (χ1v) is 16.3. The average Bonchev–Trinajstić information content (AvgIpc) is 3.17. The number of alkyl carbamates (subject to hydrolysis) is 1. The molecule has 0 bridgehead atoms. The number of carbonyl (C=O) groups excluding carboxylic acids is 1. The van der Waals surface area contributed by atoms with E-state index in [1.54, 1.807) is 24.0 Å². The Bertz CT molecular complexity index is 1350. The summed E-state index contributed by atoms with van der Waals surface area (Å²) in [4.78, 5) is 17.8. The predicted octanol–water partition coefficient (Wildman–Crippen LogP) is 4.96. The lowest BCUT2D eigenvalue weighted by atomic mass is 9.99. The number of amides is 1. The average molecular weight is 690 g/mol. The van der Waals surface area contributed by atoms with Crippen LogP contribution in [0.15, 0.2) is 47.5 Å². The smallest absolute Gasteiger partial charge is 0.407 e. The Kier molecular flexibility index (Phi) is 16.8. The number of rotatable bonds is 20. The van der Waals surface area contributed by atoms with Crippen molar-refractivity contribution >= 4 is 40.8 Å². The van der Waals surface area contributed by atoms with Gasteiger partial charge < -0.3 is 38.5 Å². The summed E-state index contributed by atoms with van der Waals surface area (Å²) in [7, 11) is 0. The van der Waals surface area contributed by atoms with Crippen molar-refractivity contribution in [1.29, 1.82) is 10.8 Å². The first-order chi connectivity index (χ1) is 23.0. The normalized spacial score (nSPS) is 13.1. The van der Waals surface area contributed by atoms with E-state index in [4.69, 9.17) is 60.6 Å². The largest absolute Gasteiger partial charge is 0.491 e. The molecule has 13 nitrogen and oxygen atoms in total. The molecule has 0 aromatic heterocycles. The number of amidine groups is 2. The molecule has 2 aromatic carbocycles. The monoisotopic (exact) mass is 689 g/mol. The quantitative estimate of drug-likeness (QED) is 0.0993. The van der Waals surface area contributed by atoms with E-state index in [2.05, 4.69) is 5.32 Å². The van der Waals surface area contributed by atoms with E-state index < -0.39 is 11.7 Å². The van der Waals surface area contributed by atoms with E-state index in [9.17, 15) is 4.79 Å². The van der Waals surface area contributed by atoms with Gasteiger partial charge in [-0.15, -0.1) is 0 Å². The maximum atomic E-state index is 11.5. The molecule has 1 aliphatic rings. The summed E-state index contributed by atoms with van der Waals surface area (Å²) in [6, 6.07) is 12.9. The maximum absolute atomic E-state index is 11.5. The van der Waals surface area contributed by atoms with Crippen molar-refractivity contribution < 1.29 is 38.0 Å². The van der Waals surface area contributed by atoms with Crippen molar-refractivity contribution in [1.82, 2.24) is 5.32 Å². The minimum atomic E-state index is -0.522. The Balaban J connectivity index is 1.23. The molecule has 0 aliphatic carbocycles. The minimum absolute atomic E-state index is 0.144. The van der Waals surface area contributed by atoms with Crippen LogP contribution in [0.5, 0.6) is 5.75 Å². The number of hydrogen-bond donors (Lipinski definition) is 3. The molecule has 2 aromatic rings. The molecule has 48 heavy (non-hydrogen) atoms. The molecule has 0 saturated heterocycles. The fourth-order valence-electron chi connectivity index (χ4n) is 4.42.